The lowest BCUT2D eigenvalue weighted by Crippen LogP contribution is -2.39. The maximum absolute atomic E-state index is 12.0. The van der Waals surface area contributed by atoms with E-state index >= 15 is 0 Å². The second-order valence-electron chi connectivity index (χ2n) is 5.89. The van der Waals surface area contributed by atoms with Gasteiger partial charge in [0.25, 0.3) is 0 Å². The van der Waals surface area contributed by atoms with Crippen LogP contribution in [0.3, 0.4) is 0 Å². The highest BCUT2D eigenvalue weighted by atomic mass is 16.5. The summed E-state index contributed by atoms with van der Waals surface area (Å²) in [6, 6.07) is 3.87. The van der Waals surface area contributed by atoms with Crippen molar-refractivity contribution < 1.29 is 19.3 Å². The Kier molecular flexibility index (Phi) is 2.98. The molecule has 7 heteroatoms. The van der Waals surface area contributed by atoms with Crippen LogP contribution >= 0.6 is 0 Å². The molecular formula is C15H15N3O4. The van der Waals surface area contributed by atoms with Crippen molar-refractivity contribution in [3.8, 4) is 0 Å². The third kappa shape index (κ3) is 1.93. The van der Waals surface area contributed by atoms with Gasteiger partial charge in [0.1, 0.15) is 5.69 Å². The van der Waals surface area contributed by atoms with E-state index in [9.17, 15) is 9.59 Å². The zero-order valence-corrected chi connectivity index (χ0v) is 11.8. The Morgan fingerprint density at radius 2 is 2.18 bits per heavy atom. The molecule has 114 valence electrons. The fourth-order valence-corrected chi connectivity index (χ4v) is 3.41. The van der Waals surface area contributed by atoms with Gasteiger partial charge in [-0.15, -0.1) is 0 Å². The van der Waals surface area contributed by atoms with Gasteiger partial charge in [-0.2, -0.15) is 0 Å². The monoisotopic (exact) mass is 301 g/mol. The minimum atomic E-state index is -0.454. The minimum Gasteiger partial charge on any atom is -0.356 e. The summed E-state index contributed by atoms with van der Waals surface area (Å²) in [5.41, 5.74) is 5.70. The van der Waals surface area contributed by atoms with Gasteiger partial charge in [0, 0.05) is 23.4 Å². The van der Waals surface area contributed by atoms with Crippen molar-refractivity contribution >= 4 is 22.8 Å². The Hall–Kier alpha value is -2.25. The van der Waals surface area contributed by atoms with E-state index in [4.69, 9.17) is 9.73 Å². The van der Waals surface area contributed by atoms with Gasteiger partial charge in [-0.3, -0.25) is 14.9 Å². The maximum Gasteiger partial charge on any atom is 0.235 e. The Morgan fingerprint density at radius 3 is 2.95 bits per heavy atom. The van der Waals surface area contributed by atoms with E-state index in [1.807, 2.05) is 12.1 Å². The summed E-state index contributed by atoms with van der Waals surface area (Å²) in [6.07, 6.45) is 2.15. The highest BCUT2D eigenvalue weighted by Gasteiger charge is 2.33. The normalized spacial score (nSPS) is 24.6. The number of hydroxylamine groups is 1. The second kappa shape index (κ2) is 4.89. The lowest BCUT2D eigenvalue weighted by molar-refractivity contribution is -0.134. The summed E-state index contributed by atoms with van der Waals surface area (Å²) in [4.78, 5) is 23.3. The Bertz CT molecular complexity index is 782. The van der Waals surface area contributed by atoms with Crippen molar-refractivity contribution in [2.24, 2.45) is 0 Å². The molecule has 3 N–H and O–H groups in total. The number of carbonyl (C=O) groups is 2. The van der Waals surface area contributed by atoms with Crippen LogP contribution in [0.25, 0.3) is 11.0 Å². The molecule has 2 heterocycles. The van der Waals surface area contributed by atoms with Crippen molar-refractivity contribution in [3.05, 3.63) is 29.0 Å². The first-order valence-electron chi connectivity index (χ1n) is 7.30. The van der Waals surface area contributed by atoms with E-state index in [1.54, 1.807) is 0 Å². The second-order valence-corrected chi connectivity index (χ2v) is 5.89. The number of carbonyl (C=O) groups excluding carboxylic acids is 2. The number of hydrogen-bond donors (Lipinski definition) is 3. The number of aromatic nitrogens is 1. The summed E-state index contributed by atoms with van der Waals surface area (Å²) >= 11 is 0. The molecule has 22 heavy (non-hydrogen) atoms. The van der Waals surface area contributed by atoms with E-state index in [0.29, 0.717) is 30.5 Å². The highest BCUT2D eigenvalue weighted by molar-refractivity contribution is 6.02. The fourth-order valence-electron chi connectivity index (χ4n) is 3.41. The largest absolute Gasteiger partial charge is 0.356 e. The summed E-state index contributed by atoms with van der Waals surface area (Å²) in [7, 11) is 0. The number of nitrogens with one attached hydrogen (secondary N) is 2. The van der Waals surface area contributed by atoms with Crippen molar-refractivity contribution in [3.63, 3.8) is 0 Å². The van der Waals surface area contributed by atoms with Gasteiger partial charge in [-0.1, -0.05) is 11.2 Å². The third-order valence-corrected chi connectivity index (χ3v) is 4.54. The van der Waals surface area contributed by atoms with Gasteiger partial charge in [0.05, 0.1) is 5.92 Å². The van der Waals surface area contributed by atoms with Crippen LogP contribution in [0.4, 0.5) is 0 Å². The van der Waals surface area contributed by atoms with Crippen LogP contribution in [0.5, 0.6) is 0 Å². The van der Waals surface area contributed by atoms with E-state index in [-0.39, 0.29) is 17.9 Å². The van der Waals surface area contributed by atoms with Crippen molar-refractivity contribution in [1.29, 1.82) is 0 Å². The molecule has 0 bridgehead atoms. The molecule has 0 radical (unpaired) electrons. The van der Waals surface area contributed by atoms with E-state index in [2.05, 4.69) is 16.0 Å². The molecule has 0 saturated carbocycles. The molecule has 2 amide bonds. The van der Waals surface area contributed by atoms with Crippen LogP contribution in [-0.2, 0) is 22.4 Å². The molecule has 4 rings (SSSR count). The van der Waals surface area contributed by atoms with E-state index in [0.717, 1.165) is 22.9 Å². The summed E-state index contributed by atoms with van der Waals surface area (Å²) in [5.74, 6) is -1.01. The van der Waals surface area contributed by atoms with Crippen LogP contribution in [0.2, 0.25) is 0 Å². The molecule has 1 aromatic heterocycles. The van der Waals surface area contributed by atoms with Crippen LogP contribution in [0.1, 0.15) is 35.6 Å². The number of fused-ring (bicyclic) bond motifs is 3. The van der Waals surface area contributed by atoms with Crippen molar-refractivity contribution in [1.82, 2.24) is 16.0 Å². The van der Waals surface area contributed by atoms with Gasteiger partial charge in [-0.25, -0.2) is 5.48 Å². The van der Waals surface area contributed by atoms with Gasteiger partial charge in [0.2, 0.25) is 11.8 Å². The molecule has 7 nitrogen and oxygen atoms in total. The SMILES string of the molecule is O=C1CCC(c2noc3c4c(ccc23)CC(NO)C4)C(=O)N1. The first kappa shape index (κ1) is 13.4. The number of imide groups is 1. The maximum atomic E-state index is 12.0. The van der Waals surface area contributed by atoms with Crippen LogP contribution in [-0.4, -0.2) is 28.2 Å². The molecule has 0 spiro atoms. The predicted octanol–water partition coefficient (Wildman–Crippen LogP) is 0.794. The quantitative estimate of drug-likeness (QED) is 0.559. The molecule has 1 fully saturated rings. The highest BCUT2D eigenvalue weighted by Crippen LogP contribution is 2.35. The number of piperidine rings is 1. The van der Waals surface area contributed by atoms with Gasteiger partial charge < -0.3 is 9.73 Å². The minimum absolute atomic E-state index is 0.0234. The number of hydrogen-bond acceptors (Lipinski definition) is 6. The molecule has 1 aliphatic carbocycles. The Morgan fingerprint density at radius 1 is 1.32 bits per heavy atom. The number of nitrogens with zero attached hydrogens (tertiary/aromatic N) is 1. The molecule has 1 saturated heterocycles. The topological polar surface area (TPSA) is 104 Å². The summed E-state index contributed by atoms with van der Waals surface area (Å²) in [6.45, 7) is 0. The lowest BCUT2D eigenvalue weighted by Gasteiger charge is -2.18. The number of benzene rings is 1. The number of rotatable bonds is 2. The van der Waals surface area contributed by atoms with Crippen molar-refractivity contribution in [2.45, 2.75) is 37.6 Å². The average Bonchev–Trinajstić information content (AvgIpc) is 3.09. The first-order chi connectivity index (χ1) is 10.7. The zero-order valence-electron chi connectivity index (χ0n) is 11.8. The molecule has 1 aromatic carbocycles. The van der Waals surface area contributed by atoms with Crippen LogP contribution in [0, 0.1) is 0 Å². The Labute approximate surface area is 125 Å². The molecular weight excluding hydrogens is 286 g/mol. The average molecular weight is 301 g/mol. The molecule has 2 aromatic rings. The van der Waals surface area contributed by atoms with Gasteiger partial charge in [0.15, 0.2) is 5.58 Å². The van der Waals surface area contributed by atoms with E-state index < -0.39 is 5.92 Å². The van der Waals surface area contributed by atoms with Crippen LogP contribution in [0.15, 0.2) is 16.7 Å². The molecule has 2 atom stereocenters. The zero-order chi connectivity index (χ0) is 15.3. The van der Waals surface area contributed by atoms with Gasteiger partial charge >= 0.3 is 0 Å². The third-order valence-electron chi connectivity index (χ3n) is 4.54. The standard InChI is InChI=1S/C15H15N3O4/c19-12-4-3-10(15(20)16-12)13-9-2-1-7-5-8(17-21)6-11(7)14(9)22-18-13/h1-2,8,10,17,21H,3-6H2,(H,16,19,20). The predicted molar refractivity (Wildman–Crippen MR) is 75.3 cm³/mol. The summed E-state index contributed by atoms with van der Waals surface area (Å²) in [5, 5.41) is 16.4. The van der Waals surface area contributed by atoms with E-state index in [1.165, 1.54) is 0 Å². The molecule has 2 unspecified atom stereocenters. The summed E-state index contributed by atoms with van der Waals surface area (Å²) < 4.78 is 5.49. The fraction of sp³-hybridized carbons (Fsp3) is 0.400. The first-order valence-corrected chi connectivity index (χ1v) is 7.30. The molecule has 1 aliphatic heterocycles. The lowest BCUT2D eigenvalue weighted by atomic mass is 9.92. The van der Waals surface area contributed by atoms with Crippen molar-refractivity contribution in [2.75, 3.05) is 0 Å². The number of amides is 2. The molecule has 2 aliphatic rings. The van der Waals surface area contributed by atoms with Gasteiger partial charge in [-0.05, 0) is 30.9 Å². The smallest absolute Gasteiger partial charge is 0.235 e. The Balaban J connectivity index is 1.76. The van der Waals surface area contributed by atoms with Crippen LogP contribution < -0.4 is 10.8 Å².